The van der Waals surface area contributed by atoms with Gasteiger partial charge in [0.15, 0.2) is 0 Å². The molecule has 0 fully saturated rings. The Morgan fingerprint density at radius 3 is 2.42 bits per heavy atom. The van der Waals surface area contributed by atoms with Gasteiger partial charge in [0.05, 0.1) is 5.52 Å². The topological polar surface area (TPSA) is 34.1 Å². The summed E-state index contributed by atoms with van der Waals surface area (Å²) in [5.41, 5.74) is 2.67. The zero-order chi connectivity index (χ0) is 17.2. The summed E-state index contributed by atoms with van der Waals surface area (Å²) in [6.45, 7) is 0. The number of rotatable bonds is 4. The standard InChI is InChI=1S/C17H12F3IN2O/c18-17(19,20)24-14-7-5-13(6-8-14)22-15-9-4-11-2-1-3-12(10-21)16(11)23-15/h1-9H,10H2,(H,22,23). The van der Waals surface area contributed by atoms with Crippen molar-refractivity contribution < 1.29 is 17.9 Å². The lowest BCUT2D eigenvalue weighted by Crippen LogP contribution is -2.16. The highest BCUT2D eigenvalue weighted by Crippen LogP contribution is 2.26. The van der Waals surface area contributed by atoms with E-state index < -0.39 is 6.36 Å². The number of aromatic nitrogens is 1. The van der Waals surface area contributed by atoms with Crippen LogP contribution in [0.1, 0.15) is 5.56 Å². The largest absolute Gasteiger partial charge is 0.573 e. The molecule has 3 nitrogen and oxygen atoms in total. The molecule has 1 aromatic heterocycles. The molecule has 7 heteroatoms. The molecular formula is C17H12F3IN2O. The molecule has 0 aliphatic heterocycles. The number of nitrogens with one attached hydrogen (secondary N) is 1. The van der Waals surface area contributed by atoms with Crippen LogP contribution in [-0.4, -0.2) is 11.3 Å². The second-order valence-corrected chi connectivity index (χ2v) is 5.78. The normalized spacial score (nSPS) is 11.5. The first kappa shape index (κ1) is 16.8. The third-order valence-corrected chi connectivity index (χ3v) is 4.13. The molecule has 1 heterocycles. The van der Waals surface area contributed by atoms with E-state index in [2.05, 4.69) is 37.6 Å². The average Bonchev–Trinajstić information content (AvgIpc) is 2.55. The van der Waals surface area contributed by atoms with Crippen molar-refractivity contribution in [2.24, 2.45) is 0 Å². The SMILES string of the molecule is FC(F)(F)Oc1ccc(Nc2ccc3cccc(CI)c3n2)cc1. The van der Waals surface area contributed by atoms with Gasteiger partial charge in [-0.3, -0.25) is 0 Å². The highest BCUT2D eigenvalue weighted by atomic mass is 127. The van der Waals surface area contributed by atoms with Crippen molar-refractivity contribution in [3.8, 4) is 5.75 Å². The average molecular weight is 444 g/mol. The van der Waals surface area contributed by atoms with Crippen LogP contribution in [-0.2, 0) is 4.43 Å². The summed E-state index contributed by atoms with van der Waals surface area (Å²) < 4.78 is 41.2. The third-order valence-electron chi connectivity index (χ3n) is 3.31. The molecule has 0 saturated heterocycles. The van der Waals surface area contributed by atoms with Crippen LogP contribution in [0.5, 0.6) is 5.75 Å². The summed E-state index contributed by atoms with van der Waals surface area (Å²) in [6, 6.07) is 15.3. The summed E-state index contributed by atoms with van der Waals surface area (Å²) in [6.07, 6.45) is -4.69. The van der Waals surface area contributed by atoms with Gasteiger partial charge in [0.2, 0.25) is 0 Å². The highest BCUT2D eigenvalue weighted by Gasteiger charge is 2.30. The molecule has 0 unspecified atom stereocenters. The summed E-state index contributed by atoms with van der Waals surface area (Å²) in [5.74, 6) is 0.371. The van der Waals surface area contributed by atoms with Crippen molar-refractivity contribution in [1.82, 2.24) is 4.98 Å². The van der Waals surface area contributed by atoms with E-state index in [4.69, 9.17) is 0 Å². The first-order valence-corrected chi connectivity index (χ1v) is 8.54. The van der Waals surface area contributed by atoms with Gasteiger partial charge in [-0.1, -0.05) is 40.8 Å². The maximum Gasteiger partial charge on any atom is 0.573 e. The Labute approximate surface area is 150 Å². The number of halogens is 4. The minimum absolute atomic E-state index is 0.258. The number of para-hydroxylation sites is 1. The van der Waals surface area contributed by atoms with Gasteiger partial charge in [-0.2, -0.15) is 0 Å². The highest BCUT2D eigenvalue weighted by molar-refractivity contribution is 14.1. The summed E-state index contributed by atoms with van der Waals surface area (Å²) in [4.78, 5) is 4.60. The van der Waals surface area contributed by atoms with Crippen molar-refractivity contribution in [3.63, 3.8) is 0 Å². The molecular weight excluding hydrogens is 432 g/mol. The van der Waals surface area contributed by atoms with E-state index in [0.717, 1.165) is 20.9 Å². The van der Waals surface area contributed by atoms with Gasteiger partial charge < -0.3 is 10.1 Å². The first-order valence-electron chi connectivity index (χ1n) is 7.02. The van der Waals surface area contributed by atoms with Crippen molar-refractivity contribution in [2.75, 3.05) is 5.32 Å². The molecule has 3 rings (SSSR count). The number of hydrogen-bond acceptors (Lipinski definition) is 3. The van der Waals surface area contributed by atoms with E-state index in [0.29, 0.717) is 11.5 Å². The van der Waals surface area contributed by atoms with Gasteiger partial charge in [0.25, 0.3) is 0 Å². The molecule has 0 aliphatic carbocycles. The van der Waals surface area contributed by atoms with Crippen molar-refractivity contribution >= 4 is 45.0 Å². The Hall–Kier alpha value is -2.03. The minimum Gasteiger partial charge on any atom is -0.406 e. The number of ether oxygens (including phenoxy) is 1. The molecule has 124 valence electrons. The Morgan fingerprint density at radius 2 is 1.75 bits per heavy atom. The molecule has 2 aromatic carbocycles. The Kier molecular flexibility index (Phi) is 4.79. The number of benzene rings is 2. The molecule has 1 N–H and O–H groups in total. The second-order valence-electron chi connectivity index (χ2n) is 5.02. The van der Waals surface area contributed by atoms with E-state index in [1.54, 1.807) is 0 Å². The number of alkyl halides is 4. The Balaban J connectivity index is 1.82. The number of pyridine rings is 1. The van der Waals surface area contributed by atoms with Crippen molar-refractivity contribution in [2.45, 2.75) is 10.8 Å². The maximum absolute atomic E-state index is 12.2. The fourth-order valence-corrected chi connectivity index (χ4v) is 2.89. The van der Waals surface area contributed by atoms with Crippen LogP contribution in [0.4, 0.5) is 24.7 Å². The van der Waals surface area contributed by atoms with E-state index >= 15 is 0 Å². The van der Waals surface area contributed by atoms with Crippen LogP contribution >= 0.6 is 22.6 Å². The monoisotopic (exact) mass is 444 g/mol. The van der Waals surface area contributed by atoms with E-state index in [9.17, 15) is 13.2 Å². The van der Waals surface area contributed by atoms with Gasteiger partial charge >= 0.3 is 6.36 Å². The quantitative estimate of drug-likeness (QED) is 0.408. The molecule has 0 aliphatic rings. The van der Waals surface area contributed by atoms with Crippen LogP contribution in [0.15, 0.2) is 54.6 Å². The van der Waals surface area contributed by atoms with Gasteiger partial charge in [0.1, 0.15) is 11.6 Å². The fourth-order valence-electron chi connectivity index (χ4n) is 2.27. The maximum atomic E-state index is 12.2. The lowest BCUT2D eigenvalue weighted by molar-refractivity contribution is -0.274. The van der Waals surface area contributed by atoms with Crippen LogP contribution in [0, 0.1) is 0 Å². The predicted octanol–water partition coefficient (Wildman–Crippen LogP) is 5.81. The molecule has 0 bridgehead atoms. The zero-order valence-corrected chi connectivity index (χ0v) is 14.4. The van der Waals surface area contributed by atoms with E-state index in [-0.39, 0.29) is 5.75 Å². The van der Waals surface area contributed by atoms with Crippen molar-refractivity contribution in [3.05, 3.63) is 60.2 Å². The number of nitrogens with zero attached hydrogens (tertiary/aromatic N) is 1. The van der Waals surface area contributed by atoms with Gasteiger partial charge in [-0.15, -0.1) is 13.2 Å². The van der Waals surface area contributed by atoms with Gasteiger partial charge in [0, 0.05) is 15.5 Å². The Morgan fingerprint density at radius 1 is 1.00 bits per heavy atom. The third kappa shape index (κ3) is 4.08. The van der Waals surface area contributed by atoms with Gasteiger partial charge in [-0.05, 0) is 42.0 Å². The van der Waals surface area contributed by atoms with Gasteiger partial charge in [-0.25, -0.2) is 4.98 Å². The lowest BCUT2D eigenvalue weighted by atomic mass is 10.1. The number of hydrogen-bond donors (Lipinski definition) is 1. The summed E-state index contributed by atoms with van der Waals surface area (Å²) >= 11 is 2.28. The second kappa shape index (κ2) is 6.84. The summed E-state index contributed by atoms with van der Waals surface area (Å²) in [5, 5.41) is 4.13. The van der Waals surface area contributed by atoms with Crippen LogP contribution in [0.2, 0.25) is 0 Å². The van der Waals surface area contributed by atoms with Crippen LogP contribution in [0.25, 0.3) is 10.9 Å². The molecule has 3 aromatic rings. The molecule has 0 amide bonds. The Bertz CT molecular complexity index is 851. The number of fused-ring (bicyclic) bond motifs is 1. The number of anilines is 2. The molecule has 0 spiro atoms. The van der Waals surface area contributed by atoms with Crippen LogP contribution in [0.3, 0.4) is 0 Å². The van der Waals surface area contributed by atoms with E-state index in [1.165, 1.54) is 24.3 Å². The smallest absolute Gasteiger partial charge is 0.406 e. The lowest BCUT2D eigenvalue weighted by Gasteiger charge is -2.11. The predicted molar refractivity (Wildman–Crippen MR) is 95.9 cm³/mol. The summed E-state index contributed by atoms with van der Waals surface area (Å²) in [7, 11) is 0. The van der Waals surface area contributed by atoms with E-state index in [1.807, 2.05) is 30.3 Å². The van der Waals surface area contributed by atoms with Crippen LogP contribution < -0.4 is 10.1 Å². The fraction of sp³-hybridized carbons (Fsp3) is 0.118. The minimum atomic E-state index is -4.69. The molecule has 0 saturated carbocycles. The first-order chi connectivity index (χ1) is 11.4. The zero-order valence-electron chi connectivity index (χ0n) is 12.3. The molecule has 0 radical (unpaired) electrons. The van der Waals surface area contributed by atoms with Crippen molar-refractivity contribution in [1.29, 1.82) is 0 Å². The molecule has 0 atom stereocenters. The molecule has 24 heavy (non-hydrogen) atoms.